The number of hydrogen-bond donors (Lipinski definition) is 3. The van der Waals surface area contributed by atoms with Gasteiger partial charge in [-0.25, -0.2) is 0 Å². The predicted molar refractivity (Wildman–Crippen MR) is 58.7 cm³/mol. The second kappa shape index (κ2) is 4.85. The van der Waals surface area contributed by atoms with Gasteiger partial charge in [0.15, 0.2) is 0 Å². The van der Waals surface area contributed by atoms with Crippen molar-refractivity contribution in [3.63, 3.8) is 0 Å². The number of carbonyl (C=O) groups excluding carboxylic acids is 2. The third-order valence-corrected chi connectivity index (χ3v) is 2.05. The molecule has 0 radical (unpaired) electrons. The van der Waals surface area contributed by atoms with E-state index < -0.39 is 5.91 Å². The molecule has 0 aromatic heterocycles. The average Bonchev–Trinajstić information content (AvgIpc) is 2.12. The molecule has 6 heteroatoms. The van der Waals surface area contributed by atoms with Gasteiger partial charge in [-0.1, -0.05) is 11.6 Å². The van der Waals surface area contributed by atoms with Crippen LogP contribution in [0.5, 0.6) is 11.5 Å². The molecule has 0 aliphatic rings. The van der Waals surface area contributed by atoms with Gasteiger partial charge in [-0.3, -0.25) is 9.59 Å². The fourth-order valence-corrected chi connectivity index (χ4v) is 1.23. The van der Waals surface area contributed by atoms with E-state index in [1.54, 1.807) is 0 Å². The van der Waals surface area contributed by atoms with Gasteiger partial charge >= 0.3 is 0 Å². The standard InChI is InChI=1S/C10H10ClNO4/c1-5(13)2-10(16)12-7-4-8(14)6(11)3-9(7)15/h3-4,14-15H,2H2,1H3,(H,12,16). The third-order valence-electron chi connectivity index (χ3n) is 1.75. The first-order valence-electron chi connectivity index (χ1n) is 4.41. The highest BCUT2D eigenvalue weighted by molar-refractivity contribution is 6.32. The minimum atomic E-state index is -0.565. The number of hydrogen-bond acceptors (Lipinski definition) is 4. The molecule has 1 amide bonds. The van der Waals surface area contributed by atoms with E-state index in [1.165, 1.54) is 6.92 Å². The van der Waals surface area contributed by atoms with Crippen LogP contribution < -0.4 is 5.32 Å². The maximum Gasteiger partial charge on any atom is 0.231 e. The first-order chi connectivity index (χ1) is 7.40. The molecule has 1 aromatic carbocycles. The summed E-state index contributed by atoms with van der Waals surface area (Å²) in [6, 6.07) is 2.20. The number of nitrogens with one attached hydrogen (secondary N) is 1. The summed E-state index contributed by atoms with van der Waals surface area (Å²) >= 11 is 5.53. The minimum Gasteiger partial charge on any atom is -0.506 e. The number of anilines is 1. The summed E-state index contributed by atoms with van der Waals surface area (Å²) < 4.78 is 0. The number of phenols is 2. The van der Waals surface area contributed by atoms with Gasteiger partial charge in [-0.05, 0) is 6.92 Å². The molecular formula is C10H10ClNO4. The van der Waals surface area contributed by atoms with E-state index in [1.807, 2.05) is 0 Å². The van der Waals surface area contributed by atoms with E-state index in [0.717, 1.165) is 12.1 Å². The summed E-state index contributed by atoms with van der Waals surface area (Å²) in [5.74, 6) is -1.41. The van der Waals surface area contributed by atoms with Crippen LogP contribution in [0.4, 0.5) is 5.69 Å². The Labute approximate surface area is 96.7 Å². The van der Waals surface area contributed by atoms with Crippen LogP contribution in [0.1, 0.15) is 13.3 Å². The fraction of sp³-hybridized carbons (Fsp3) is 0.200. The molecule has 0 atom stereocenters. The molecule has 1 rings (SSSR count). The number of ketones is 1. The Kier molecular flexibility index (Phi) is 3.73. The second-order valence-corrected chi connectivity index (χ2v) is 3.65. The number of halogens is 1. The smallest absolute Gasteiger partial charge is 0.231 e. The number of amides is 1. The number of aromatic hydroxyl groups is 2. The highest BCUT2D eigenvalue weighted by atomic mass is 35.5. The van der Waals surface area contributed by atoms with Gasteiger partial charge < -0.3 is 15.5 Å². The van der Waals surface area contributed by atoms with Gasteiger partial charge in [0.2, 0.25) is 5.91 Å². The molecule has 16 heavy (non-hydrogen) atoms. The van der Waals surface area contributed by atoms with Gasteiger partial charge in [0.05, 0.1) is 17.1 Å². The number of Topliss-reactive ketones (excluding diaryl/α,β-unsaturated/α-hetero) is 1. The summed E-state index contributed by atoms with van der Waals surface area (Å²) in [4.78, 5) is 21.9. The van der Waals surface area contributed by atoms with Gasteiger partial charge in [0.1, 0.15) is 17.3 Å². The molecule has 5 nitrogen and oxygen atoms in total. The molecule has 1 aromatic rings. The molecule has 0 aliphatic heterocycles. The van der Waals surface area contributed by atoms with Crippen molar-refractivity contribution in [1.29, 1.82) is 0 Å². The zero-order chi connectivity index (χ0) is 12.3. The lowest BCUT2D eigenvalue weighted by Crippen LogP contribution is -2.14. The lowest BCUT2D eigenvalue weighted by atomic mass is 10.2. The Hall–Kier alpha value is -1.75. The molecular weight excluding hydrogens is 234 g/mol. The van der Waals surface area contributed by atoms with E-state index in [9.17, 15) is 19.8 Å². The Morgan fingerprint density at radius 2 is 1.94 bits per heavy atom. The summed E-state index contributed by atoms with van der Waals surface area (Å²) in [7, 11) is 0. The van der Waals surface area contributed by atoms with E-state index in [4.69, 9.17) is 11.6 Å². The largest absolute Gasteiger partial charge is 0.506 e. The molecule has 0 aliphatic carbocycles. The zero-order valence-electron chi connectivity index (χ0n) is 8.45. The van der Waals surface area contributed by atoms with Gasteiger partial charge in [0, 0.05) is 12.1 Å². The number of phenolic OH excluding ortho intramolecular Hbond substituents is 2. The Balaban J connectivity index is 2.85. The molecule has 0 saturated heterocycles. The van der Waals surface area contributed by atoms with Gasteiger partial charge in [0.25, 0.3) is 0 Å². The van der Waals surface area contributed by atoms with Crippen LogP contribution in [0.2, 0.25) is 5.02 Å². The van der Waals surface area contributed by atoms with Crippen molar-refractivity contribution in [2.24, 2.45) is 0 Å². The summed E-state index contributed by atoms with van der Waals surface area (Å²) in [5.41, 5.74) is 0.00755. The number of carbonyl (C=O) groups is 2. The van der Waals surface area contributed by atoms with Crippen LogP contribution in [0, 0.1) is 0 Å². The molecule has 0 bridgehead atoms. The van der Waals surface area contributed by atoms with Crippen LogP contribution >= 0.6 is 11.6 Å². The van der Waals surface area contributed by atoms with Crippen molar-refractivity contribution in [1.82, 2.24) is 0 Å². The first-order valence-corrected chi connectivity index (χ1v) is 4.78. The molecule has 0 unspecified atom stereocenters. The molecule has 86 valence electrons. The summed E-state index contributed by atoms with van der Waals surface area (Å²) in [5, 5.41) is 20.9. The highest BCUT2D eigenvalue weighted by Crippen LogP contribution is 2.34. The van der Waals surface area contributed by atoms with Crippen LogP contribution in [0.3, 0.4) is 0 Å². The maximum absolute atomic E-state index is 11.2. The van der Waals surface area contributed by atoms with E-state index in [0.29, 0.717) is 0 Å². The molecule has 0 fully saturated rings. The topological polar surface area (TPSA) is 86.6 Å². The Morgan fingerprint density at radius 1 is 1.31 bits per heavy atom. The van der Waals surface area contributed by atoms with Crippen molar-refractivity contribution < 1.29 is 19.8 Å². The second-order valence-electron chi connectivity index (χ2n) is 3.25. The third kappa shape index (κ3) is 3.13. The minimum absolute atomic E-state index is 0.00755. The van der Waals surface area contributed by atoms with E-state index in [2.05, 4.69) is 5.32 Å². The van der Waals surface area contributed by atoms with Gasteiger partial charge in [-0.2, -0.15) is 0 Å². The van der Waals surface area contributed by atoms with Crippen molar-refractivity contribution in [2.75, 3.05) is 5.32 Å². The maximum atomic E-state index is 11.2. The number of rotatable bonds is 3. The number of benzene rings is 1. The summed E-state index contributed by atoms with van der Waals surface area (Å²) in [6.07, 6.45) is -0.289. The molecule has 0 heterocycles. The summed E-state index contributed by atoms with van der Waals surface area (Å²) in [6.45, 7) is 1.28. The van der Waals surface area contributed by atoms with Crippen molar-refractivity contribution in [2.45, 2.75) is 13.3 Å². The monoisotopic (exact) mass is 243 g/mol. The van der Waals surface area contributed by atoms with Crippen LogP contribution in [0.15, 0.2) is 12.1 Å². The normalized spacial score (nSPS) is 9.88. The highest BCUT2D eigenvalue weighted by Gasteiger charge is 2.11. The van der Waals surface area contributed by atoms with Crippen molar-refractivity contribution in [3.8, 4) is 11.5 Å². The zero-order valence-corrected chi connectivity index (χ0v) is 9.21. The van der Waals surface area contributed by atoms with E-state index >= 15 is 0 Å². The lowest BCUT2D eigenvalue weighted by Gasteiger charge is -2.07. The van der Waals surface area contributed by atoms with Crippen molar-refractivity contribution in [3.05, 3.63) is 17.2 Å². The lowest BCUT2D eigenvalue weighted by molar-refractivity contribution is -0.124. The molecule has 0 saturated carbocycles. The quantitative estimate of drug-likeness (QED) is 0.428. The van der Waals surface area contributed by atoms with E-state index in [-0.39, 0.29) is 34.4 Å². The predicted octanol–water partition coefficient (Wildman–Crippen LogP) is 1.67. The van der Waals surface area contributed by atoms with Crippen LogP contribution in [-0.4, -0.2) is 21.9 Å². The SMILES string of the molecule is CC(=O)CC(=O)Nc1cc(O)c(Cl)cc1O. The molecule has 3 N–H and O–H groups in total. The fourth-order valence-electron chi connectivity index (χ4n) is 1.07. The average molecular weight is 244 g/mol. The van der Waals surface area contributed by atoms with Gasteiger partial charge in [-0.15, -0.1) is 0 Å². The van der Waals surface area contributed by atoms with Crippen molar-refractivity contribution >= 4 is 29.0 Å². The van der Waals surface area contributed by atoms with Crippen LogP contribution in [0.25, 0.3) is 0 Å². The molecule has 0 spiro atoms. The first kappa shape index (κ1) is 12.3. The Bertz CT molecular complexity index is 445. The van der Waals surface area contributed by atoms with Crippen LogP contribution in [-0.2, 0) is 9.59 Å². The Morgan fingerprint density at radius 3 is 2.50 bits per heavy atom.